The molecule has 0 spiro atoms. The number of anilines is 2. The predicted molar refractivity (Wildman–Crippen MR) is 72.7 cm³/mol. The van der Waals surface area contributed by atoms with E-state index >= 15 is 0 Å². The summed E-state index contributed by atoms with van der Waals surface area (Å²) in [5, 5.41) is 0. The van der Waals surface area contributed by atoms with E-state index in [0.717, 1.165) is 6.07 Å². The second kappa shape index (κ2) is 5.28. The van der Waals surface area contributed by atoms with Gasteiger partial charge in [0.15, 0.2) is 0 Å². The number of rotatable bonds is 3. The first-order valence-electron chi connectivity index (χ1n) is 5.74. The van der Waals surface area contributed by atoms with Gasteiger partial charge in [-0.2, -0.15) is 0 Å². The van der Waals surface area contributed by atoms with Crippen LogP contribution in [0.2, 0.25) is 0 Å². The number of hydrogen-bond acceptors (Lipinski definition) is 3. The molecular formula is C13H11F3N2O2S. The van der Waals surface area contributed by atoms with Crippen LogP contribution in [-0.2, 0) is 10.0 Å². The molecule has 112 valence electrons. The van der Waals surface area contributed by atoms with Crippen LogP contribution in [0.5, 0.6) is 0 Å². The molecule has 21 heavy (non-hydrogen) atoms. The molecule has 2 rings (SSSR count). The van der Waals surface area contributed by atoms with Crippen molar-refractivity contribution in [3.05, 3.63) is 53.3 Å². The summed E-state index contributed by atoms with van der Waals surface area (Å²) in [6, 6.07) is 4.68. The lowest BCUT2D eigenvalue weighted by molar-refractivity contribution is 0.553. The maximum atomic E-state index is 13.6. The van der Waals surface area contributed by atoms with Crippen LogP contribution >= 0.6 is 0 Å². The molecule has 0 aliphatic rings. The van der Waals surface area contributed by atoms with E-state index < -0.39 is 38.1 Å². The Hall–Kier alpha value is -2.22. The van der Waals surface area contributed by atoms with Crippen molar-refractivity contribution in [3.8, 4) is 0 Å². The van der Waals surface area contributed by atoms with Crippen LogP contribution in [0.25, 0.3) is 0 Å². The van der Waals surface area contributed by atoms with Crippen molar-refractivity contribution in [2.24, 2.45) is 0 Å². The minimum absolute atomic E-state index is 0.0830. The second-order valence-electron chi connectivity index (χ2n) is 4.37. The molecule has 2 aromatic rings. The summed E-state index contributed by atoms with van der Waals surface area (Å²) in [7, 11) is -4.35. The van der Waals surface area contributed by atoms with Gasteiger partial charge in [-0.15, -0.1) is 0 Å². The van der Waals surface area contributed by atoms with E-state index in [1.807, 2.05) is 4.72 Å². The lowest BCUT2D eigenvalue weighted by Crippen LogP contribution is -2.15. The number of benzene rings is 2. The molecule has 8 heteroatoms. The highest BCUT2D eigenvalue weighted by atomic mass is 32.2. The van der Waals surface area contributed by atoms with Crippen LogP contribution in [-0.4, -0.2) is 8.42 Å². The molecule has 0 aliphatic heterocycles. The average molecular weight is 316 g/mol. The smallest absolute Gasteiger partial charge is 0.264 e. The first-order chi connectivity index (χ1) is 9.70. The Bertz CT molecular complexity index is 807. The summed E-state index contributed by atoms with van der Waals surface area (Å²) >= 11 is 0. The maximum Gasteiger partial charge on any atom is 0.264 e. The Balaban J connectivity index is 2.43. The van der Waals surface area contributed by atoms with Crippen molar-refractivity contribution in [1.82, 2.24) is 0 Å². The quantitative estimate of drug-likeness (QED) is 0.855. The van der Waals surface area contributed by atoms with E-state index in [4.69, 9.17) is 5.73 Å². The van der Waals surface area contributed by atoms with Crippen molar-refractivity contribution in [2.75, 3.05) is 10.5 Å². The zero-order chi connectivity index (χ0) is 15.8. The summed E-state index contributed by atoms with van der Waals surface area (Å²) in [5.41, 5.74) is 4.97. The van der Waals surface area contributed by atoms with Gasteiger partial charge < -0.3 is 5.73 Å². The zero-order valence-corrected chi connectivity index (χ0v) is 11.6. The van der Waals surface area contributed by atoms with Crippen LogP contribution in [0.1, 0.15) is 5.56 Å². The van der Waals surface area contributed by atoms with Crippen molar-refractivity contribution in [3.63, 3.8) is 0 Å². The summed E-state index contributed by atoms with van der Waals surface area (Å²) < 4.78 is 66.1. The first kappa shape index (κ1) is 15.2. The van der Waals surface area contributed by atoms with E-state index in [2.05, 4.69) is 0 Å². The summed E-state index contributed by atoms with van der Waals surface area (Å²) in [4.78, 5) is -0.817. The third-order valence-electron chi connectivity index (χ3n) is 2.76. The highest BCUT2D eigenvalue weighted by molar-refractivity contribution is 7.92. The van der Waals surface area contributed by atoms with E-state index in [0.29, 0.717) is 17.7 Å². The Labute approximate surface area is 119 Å². The predicted octanol–water partition coefficient (Wildman–Crippen LogP) is 2.80. The molecule has 2 aromatic carbocycles. The highest BCUT2D eigenvalue weighted by Crippen LogP contribution is 2.24. The number of nitrogens with two attached hydrogens (primary N) is 1. The normalized spacial score (nSPS) is 11.4. The molecule has 4 nitrogen and oxygen atoms in total. The van der Waals surface area contributed by atoms with Gasteiger partial charge in [0, 0.05) is 6.07 Å². The Kier molecular flexibility index (Phi) is 3.82. The molecule has 0 heterocycles. The fourth-order valence-corrected chi connectivity index (χ4v) is 2.76. The molecule has 0 unspecified atom stereocenters. The third kappa shape index (κ3) is 3.10. The largest absolute Gasteiger partial charge is 0.396 e. The molecule has 0 aliphatic carbocycles. The standard InChI is InChI=1S/C13H11F3N2O2S/c1-7-2-3-8(4-9(7)14)18-21(19,20)13-6-12(17)10(15)5-11(13)16/h2-6,18H,17H2,1H3. The number of halogens is 3. The van der Waals surface area contributed by atoms with Crippen LogP contribution < -0.4 is 10.5 Å². The van der Waals surface area contributed by atoms with Gasteiger partial charge in [0.1, 0.15) is 22.3 Å². The Morgan fingerprint density at radius 1 is 1.00 bits per heavy atom. The summed E-state index contributed by atoms with van der Waals surface area (Å²) in [6.07, 6.45) is 0. The topological polar surface area (TPSA) is 72.2 Å². The highest BCUT2D eigenvalue weighted by Gasteiger charge is 2.21. The minimum Gasteiger partial charge on any atom is -0.396 e. The zero-order valence-electron chi connectivity index (χ0n) is 10.8. The monoisotopic (exact) mass is 316 g/mol. The molecule has 0 bridgehead atoms. The number of nitrogen functional groups attached to an aromatic ring is 1. The van der Waals surface area contributed by atoms with Crippen molar-refractivity contribution in [2.45, 2.75) is 11.8 Å². The van der Waals surface area contributed by atoms with E-state index in [-0.39, 0.29) is 5.69 Å². The van der Waals surface area contributed by atoms with Crippen LogP contribution in [0.3, 0.4) is 0 Å². The van der Waals surface area contributed by atoms with Gasteiger partial charge >= 0.3 is 0 Å². The fourth-order valence-electron chi connectivity index (χ4n) is 1.62. The second-order valence-corrected chi connectivity index (χ2v) is 6.02. The lowest BCUT2D eigenvalue weighted by atomic mass is 10.2. The number of nitrogens with one attached hydrogen (secondary N) is 1. The van der Waals surface area contributed by atoms with Crippen LogP contribution in [0, 0.1) is 24.4 Å². The molecule has 0 saturated carbocycles. The number of hydrogen-bond donors (Lipinski definition) is 2. The SMILES string of the molecule is Cc1ccc(NS(=O)(=O)c2cc(N)c(F)cc2F)cc1F. The van der Waals surface area contributed by atoms with Crippen molar-refractivity contribution < 1.29 is 21.6 Å². The lowest BCUT2D eigenvalue weighted by Gasteiger charge is -2.10. The molecule has 3 N–H and O–H groups in total. The van der Waals surface area contributed by atoms with Gasteiger partial charge in [-0.25, -0.2) is 21.6 Å². The maximum absolute atomic E-state index is 13.6. The van der Waals surface area contributed by atoms with Gasteiger partial charge in [-0.3, -0.25) is 4.72 Å². The molecule has 0 aromatic heterocycles. The fraction of sp³-hybridized carbons (Fsp3) is 0.0769. The molecule has 0 fully saturated rings. The summed E-state index contributed by atoms with van der Waals surface area (Å²) in [6.45, 7) is 1.51. The third-order valence-corrected chi connectivity index (χ3v) is 4.16. The number of aryl methyl sites for hydroxylation is 1. The van der Waals surface area contributed by atoms with Gasteiger partial charge in [0.05, 0.1) is 11.4 Å². The summed E-state index contributed by atoms with van der Waals surface area (Å²) in [5.74, 6) is -2.97. The molecule has 0 radical (unpaired) electrons. The van der Waals surface area contributed by atoms with Crippen molar-refractivity contribution >= 4 is 21.4 Å². The average Bonchev–Trinajstić information content (AvgIpc) is 2.37. The molecule has 0 atom stereocenters. The molecular weight excluding hydrogens is 305 g/mol. The Morgan fingerprint density at radius 2 is 1.67 bits per heavy atom. The van der Waals surface area contributed by atoms with E-state index in [1.165, 1.54) is 19.1 Å². The van der Waals surface area contributed by atoms with Crippen LogP contribution in [0.4, 0.5) is 24.5 Å². The van der Waals surface area contributed by atoms with Gasteiger partial charge in [0.2, 0.25) is 0 Å². The molecule has 0 amide bonds. The van der Waals surface area contributed by atoms with Crippen LogP contribution in [0.15, 0.2) is 35.2 Å². The minimum atomic E-state index is -4.35. The van der Waals surface area contributed by atoms with E-state index in [9.17, 15) is 21.6 Å². The van der Waals surface area contributed by atoms with E-state index in [1.54, 1.807) is 0 Å². The molecule has 0 saturated heterocycles. The van der Waals surface area contributed by atoms with Gasteiger partial charge in [-0.1, -0.05) is 6.07 Å². The Morgan fingerprint density at radius 3 is 2.29 bits per heavy atom. The van der Waals surface area contributed by atoms with Gasteiger partial charge in [-0.05, 0) is 30.7 Å². The first-order valence-corrected chi connectivity index (χ1v) is 7.22. The number of sulfonamides is 1. The van der Waals surface area contributed by atoms with Gasteiger partial charge in [0.25, 0.3) is 10.0 Å². The van der Waals surface area contributed by atoms with Crippen molar-refractivity contribution in [1.29, 1.82) is 0 Å².